The Hall–Kier alpha value is -1.35. The number of benzene rings is 1. The van der Waals surface area contributed by atoms with Crippen LogP contribution in [0, 0.1) is 11.8 Å². The van der Waals surface area contributed by atoms with E-state index < -0.39 is 5.60 Å². The fourth-order valence-corrected chi connectivity index (χ4v) is 2.72. The highest BCUT2D eigenvalue weighted by atomic mass is 16.3. The molecule has 0 spiro atoms. The predicted octanol–water partition coefficient (Wildman–Crippen LogP) is 3.09. The molecule has 0 bridgehead atoms. The van der Waals surface area contributed by atoms with Crippen molar-refractivity contribution >= 4 is 5.91 Å². The number of rotatable bonds is 7. The molecule has 2 N–H and O–H groups in total. The number of hydrogen-bond donors (Lipinski definition) is 2. The molecule has 21 heavy (non-hydrogen) atoms. The highest BCUT2D eigenvalue weighted by molar-refractivity contribution is 5.84. The molecular formula is C18H27NO2. The van der Waals surface area contributed by atoms with Gasteiger partial charge < -0.3 is 10.4 Å². The van der Waals surface area contributed by atoms with Crippen molar-refractivity contribution in [2.45, 2.75) is 51.6 Å². The molecule has 1 aliphatic rings. The van der Waals surface area contributed by atoms with Crippen molar-refractivity contribution in [3.8, 4) is 0 Å². The zero-order valence-electron chi connectivity index (χ0n) is 13.3. The Morgan fingerprint density at radius 2 is 2.00 bits per heavy atom. The molecule has 0 saturated heterocycles. The average Bonchev–Trinajstić information content (AvgIpc) is 3.30. The molecule has 2 rings (SSSR count). The van der Waals surface area contributed by atoms with E-state index in [1.807, 2.05) is 37.3 Å². The molecule has 3 unspecified atom stereocenters. The Morgan fingerprint density at radius 1 is 1.38 bits per heavy atom. The Labute approximate surface area is 127 Å². The summed E-state index contributed by atoms with van der Waals surface area (Å²) >= 11 is 0. The molecule has 1 amide bonds. The third kappa shape index (κ3) is 4.07. The first kappa shape index (κ1) is 16.0. The molecule has 0 aliphatic heterocycles. The number of carbonyl (C=O) groups excluding carboxylic acids is 1. The van der Waals surface area contributed by atoms with E-state index in [0.29, 0.717) is 12.5 Å². The molecule has 0 radical (unpaired) electrons. The minimum Gasteiger partial charge on any atom is -0.388 e. The summed E-state index contributed by atoms with van der Waals surface area (Å²) in [7, 11) is 0. The molecule has 1 aromatic carbocycles. The van der Waals surface area contributed by atoms with Crippen LogP contribution in [0.2, 0.25) is 0 Å². The van der Waals surface area contributed by atoms with Gasteiger partial charge in [0, 0.05) is 6.54 Å². The first-order chi connectivity index (χ1) is 9.95. The van der Waals surface area contributed by atoms with Crippen molar-refractivity contribution in [2.24, 2.45) is 11.8 Å². The molecular weight excluding hydrogens is 262 g/mol. The standard InChI is InChI=1S/C18H27NO2/c1-4-13(2)18(3,21)12-19-17(20)16(15-10-11-15)14-8-6-5-7-9-14/h5-9,13,15-16,21H,4,10-12H2,1-3H3,(H,19,20). The maximum Gasteiger partial charge on any atom is 0.227 e. The number of aliphatic hydroxyl groups is 1. The van der Waals surface area contributed by atoms with E-state index in [1.54, 1.807) is 6.92 Å². The van der Waals surface area contributed by atoms with Crippen LogP contribution in [-0.2, 0) is 4.79 Å². The van der Waals surface area contributed by atoms with E-state index >= 15 is 0 Å². The van der Waals surface area contributed by atoms with Crippen molar-refractivity contribution < 1.29 is 9.90 Å². The SMILES string of the molecule is CCC(C)C(C)(O)CNC(=O)C(c1ccccc1)C1CC1. The molecule has 1 aromatic rings. The fraction of sp³-hybridized carbons (Fsp3) is 0.611. The Kier molecular flexibility index (Phi) is 5.04. The van der Waals surface area contributed by atoms with Crippen LogP contribution in [0.5, 0.6) is 0 Å². The van der Waals surface area contributed by atoms with Crippen molar-refractivity contribution in [2.75, 3.05) is 6.54 Å². The van der Waals surface area contributed by atoms with Crippen LogP contribution in [0.1, 0.15) is 51.5 Å². The highest BCUT2D eigenvalue weighted by Crippen LogP contribution is 2.42. The maximum absolute atomic E-state index is 12.6. The molecule has 3 heteroatoms. The van der Waals surface area contributed by atoms with Gasteiger partial charge in [-0.25, -0.2) is 0 Å². The second kappa shape index (κ2) is 6.61. The fourth-order valence-electron chi connectivity index (χ4n) is 2.72. The van der Waals surface area contributed by atoms with Gasteiger partial charge in [-0.3, -0.25) is 4.79 Å². The molecule has 1 aliphatic carbocycles. The lowest BCUT2D eigenvalue weighted by molar-refractivity contribution is -0.124. The van der Waals surface area contributed by atoms with Crippen molar-refractivity contribution in [1.29, 1.82) is 0 Å². The average molecular weight is 289 g/mol. The van der Waals surface area contributed by atoms with E-state index in [1.165, 1.54) is 0 Å². The second-order valence-electron chi connectivity index (χ2n) is 6.61. The molecule has 3 nitrogen and oxygen atoms in total. The van der Waals surface area contributed by atoms with E-state index in [4.69, 9.17) is 0 Å². The first-order valence-corrected chi connectivity index (χ1v) is 8.00. The van der Waals surface area contributed by atoms with Gasteiger partial charge in [0.15, 0.2) is 0 Å². The minimum atomic E-state index is -0.852. The van der Waals surface area contributed by atoms with Gasteiger partial charge in [-0.05, 0) is 37.2 Å². The van der Waals surface area contributed by atoms with Gasteiger partial charge in [-0.1, -0.05) is 50.6 Å². The third-order valence-electron chi connectivity index (χ3n) is 4.83. The van der Waals surface area contributed by atoms with Crippen LogP contribution in [-0.4, -0.2) is 23.2 Å². The first-order valence-electron chi connectivity index (χ1n) is 8.00. The Bertz CT molecular complexity index is 465. The van der Waals surface area contributed by atoms with Crippen molar-refractivity contribution in [1.82, 2.24) is 5.32 Å². The number of amides is 1. The van der Waals surface area contributed by atoms with E-state index in [9.17, 15) is 9.90 Å². The van der Waals surface area contributed by atoms with Crippen LogP contribution in [0.4, 0.5) is 0 Å². The molecule has 0 heterocycles. The van der Waals surface area contributed by atoms with E-state index in [2.05, 4.69) is 12.2 Å². The Morgan fingerprint density at radius 3 is 2.52 bits per heavy atom. The van der Waals surface area contributed by atoms with Crippen LogP contribution >= 0.6 is 0 Å². The zero-order valence-corrected chi connectivity index (χ0v) is 13.3. The summed E-state index contributed by atoms with van der Waals surface area (Å²) in [4.78, 5) is 12.6. The lowest BCUT2D eigenvalue weighted by atomic mass is 9.88. The van der Waals surface area contributed by atoms with Gasteiger partial charge in [0.05, 0.1) is 11.5 Å². The number of carbonyl (C=O) groups is 1. The van der Waals surface area contributed by atoms with Gasteiger partial charge in [-0.15, -0.1) is 0 Å². The van der Waals surface area contributed by atoms with Crippen molar-refractivity contribution in [3.63, 3.8) is 0 Å². The summed E-state index contributed by atoms with van der Waals surface area (Å²) in [6.07, 6.45) is 3.14. The maximum atomic E-state index is 12.6. The van der Waals surface area contributed by atoms with Crippen LogP contribution in [0.25, 0.3) is 0 Å². The monoisotopic (exact) mass is 289 g/mol. The Balaban J connectivity index is 2.01. The zero-order chi connectivity index (χ0) is 15.5. The molecule has 116 valence electrons. The van der Waals surface area contributed by atoms with Gasteiger partial charge >= 0.3 is 0 Å². The molecule has 3 atom stereocenters. The normalized spacial score (nSPS) is 20.4. The van der Waals surface area contributed by atoms with Crippen molar-refractivity contribution in [3.05, 3.63) is 35.9 Å². The van der Waals surface area contributed by atoms with Crippen LogP contribution in [0.3, 0.4) is 0 Å². The van der Waals surface area contributed by atoms with Gasteiger partial charge in [0.25, 0.3) is 0 Å². The lowest BCUT2D eigenvalue weighted by Crippen LogP contribution is -2.46. The second-order valence-corrected chi connectivity index (χ2v) is 6.61. The summed E-state index contributed by atoms with van der Waals surface area (Å²) in [6.45, 7) is 6.19. The largest absolute Gasteiger partial charge is 0.388 e. The third-order valence-corrected chi connectivity index (χ3v) is 4.83. The lowest BCUT2D eigenvalue weighted by Gasteiger charge is -2.30. The smallest absolute Gasteiger partial charge is 0.227 e. The summed E-state index contributed by atoms with van der Waals surface area (Å²) in [5.74, 6) is 0.598. The van der Waals surface area contributed by atoms with E-state index in [0.717, 1.165) is 24.8 Å². The summed E-state index contributed by atoms with van der Waals surface area (Å²) in [5, 5.41) is 13.4. The number of hydrogen-bond acceptors (Lipinski definition) is 2. The molecule has 1 saturated carbocycles. The van der Waals surface area contributed by atoms with Crippen LogP contribution < -0.4 is 5.32 Å². The number of nitrogens with one attached hydrogen (secondary N) is 1. The predicted molar refractivity (Wildman–Crippen MR) is 85.0 cm³/mol. The molecule has 1 fully saturated rings. The van der Waals surface area contributed by atoms with Gasteiger partial charge in [0.1, 0.15) is 0 Å². The highest BCUT2D eigenvalue weighted by Gasteiger charge is 2.38. The molecule has 0 aromatic heterocycles. The van der Waals surface area contributed by atoms with Gasteiger partial charge in [-0.2, -0.15) is 0 Å². The van der Waals surface area contributed by atoms with Crippen LogP contribution in [0.15, 0.2) is 30.3 Å². The summed E-state index contributed by atoms with van der Waals surface area (Å²) in [5.41, 5.74) is 0.232. The summed E-state index contributed by atoms with van der Waals surface area (Å²) in [6, 6.07) is 9.98. The van der Waals surface area contributed by atoms with E-state index in [-0.39, 0.29) is 17.7 Å². The minimum absolute atomic E-state index is 0.0484. The quantitative estimate of drug-likeness (QED) is 0.810. The topological polar surface area (TPSA) is 49.3 Å². The van der Waals surface area contributed by atoms with Gasteiger partial charge in [0.2, 0.25) is 5.91 Å². The summed E-state index contributed by atoms with van der Waals surface area (Å²) < 4.78 is 0.